The quantitative estimate of drug-likeness (QED) is 0.606. The monoisotopic (exact) mass is 489 g/mol. The third-order valence-corrected chi connectivity index (χ3v) is 8.12. The number of rotatable bonds is 8. The van der Waals surface area contributed by atoms with E-state index in [0.717, 1.165) is 18.7 Å². The van der Waals surface area contributed by atoms with Gasteiger partial charge in [0.1, 0.15) is 0 Å². The van der Waals surface area contributed by atoms with Crippen LogP contribution in [0.2, 0.25) is 0 Å². The minimum atomic E-state index is -3.25. The van der Waals surface area contributed by atoms with Gasteiger partial charge in [0, 0.05) is 31.7 Å². The third-order valence-electron chi connectivity index (χ3n) is 6.25. The van der Waals surface area contributed by atoms with E-state index < -0.39 is 10.0 Å². The molecule has 2 aromatic rings. The van der Waals surface area contributed by atoms with Crippen LogP contribution < -0.4 is 19.1 Å². The Morgan fingerprint density at radius 3 is 2.35 bits per heavy atom. The van der Waals surface area contributed by atoms with E-state index in [1.165, 1.54) is 4.31 Å². The van der Waals surface area contributed by atoms with Crippen molar-refractivity contribution in [2.24, 2.45) is 0 Å². The summed E-state index contributed by atoms with van der Waals surface area (Å²) in [4.78, 5) is 15.2. The van der Waals surface area contributed by atoms with Crippen LogP contribution in [0.4, 0.5) is 5.69 Å². The number of benzene rings is 2. The average molecular weight is 490 g/mol. The van der Waals surface area contributed by atoms with Crippen LogP contribution in [0, 0.1) is 0 Å². The molecule has 0 saturated carbocycles. The molecule has 0 aromatic heterocycles. The molecule has 0 spiro atoms. The zero-order valence-electron chi connectivity index (χ0n) is 19.5. The molecule has 1 N–H and O–H groups in total. The Kier molecular flexibility index (Phi) is 7.60. The van der Waals surface area contributed by atoms with E-state index in [1.807, 2.05) is 18.2 Å². The summed E-state index contributed by atoms with van der Waals surface area (Å²) in [5, 5.41) is 3.04. The Labute approximate surface area is 200 Å². The lowest BCUT2D eigenvalue weighted by atomic mass is 10.0. The zero-order chi connectivity index (χ0) is 24.1. The predicted molar refractivity (Wildman–Crippen MR) is 129 cm³/mol. The second kappa shape index (κ2) is 10.6. The number of anilines is 1. The highest BCUT2D eigenvalue weighted by molar-refractivity contribution is 7.93. The van der Waals surface area contributed by atoms with Crippen molar-refractivity contribution in [1.82, 2.24) is 10.2 Å². The van der Waals surface area contributed by atoms with Gasteiger partial charge in [0.15, 0.2) is 11.5 Å². The van der Waals surface area contributed by atoms with E-state index in [2.05, 4.69) is 10.2 Å². The van der Waals surface area contributed by atoms with Crippen LogP contribution in [0.15, 0.2) is 42.5 Å². The second-order valence-corrected chi connectivity index (χ2v) is 10.3. The maximum absolute atomic E-state index is 12.9. The van der Waals surface area contributed by atoms with Gasteiger partial charge in [-0.05, 0) is 48.4 Å². The van der Waals surface area contributed by atoms with Crippen molar-refractivity contribution in [3.05, 3.63) is 53.6 Å². The van der Waals surface area contributed by atoms with Crippen molar-refractivity contribution >= 4 is 21.6 Å². The molecule has 2 fully saturated rings. The lowest BCUT2D eigenvalue weighted by Gasteiger charge is -2.35. The molecule has 2 heterocycles. The van der Waals surface area contributed by atoms with Gasteiger partial charge in [-0.15, -0.1) is 0 Å². The molecular weight excluding hydrogens is 458 g/mol. The van der Waals surface area contributed by atoms with Crippen molar-refractivity contribution in [3.63, 3.8) is 0 Å². The highest BCUT2D eigenvalue weighted by Gasteiger charge is 2.28. The average Bonchev–Trinajstić information content (AvgIpc) is 3.23. The molecule has 10 heteroatoms. The van der Waals surface area contributed by atoms with E-state index in [4.69, 9.17) is 14.2 Å². The number of nitrogens with zero attached hydrogens (tertiary/aromatic N) is 2. The first-order valence-electron chi connectivity index (χ1n) is 11.4. The summed E-state index contributed by atoms with van der Waals surface area (Å²) < 4.78 is 42.0. The largest absolute Gasteiger partial charge is 0.493 e. The van der Waals surface area contributed by atoms with E-state index in [0.29, 0.717) is 55.5 Å². The summed E-state index contributed by atoms with van der Waals surface area (Å²) >= 11 is 0. The van der Waals surface area contributed by atoms with Gasteiger partial charge in [-0.3, -0.25) is 14.0 Å². The van der Waals surface area contributed by atoms with Crippen LogP contribution in [0.5, 0.6) is 11.5 Å². The molecule has 1 amide bonds. The van der Waals surface area contributed by atoms with E-state index in [1.54, 1.807) is 38.5 Å². The molecule has 184 valence electrons. The minimum absolute atomic E-state index is 0.0679. The first kappa shape index (κ1) is 24.3. The first-order chi connectivity index (χ1) is 16.4. The Morgan fingerprint density at radius 2 is 1.74 bits per heavy atom. The van der Waals surface area contributed by atoms with Crippen LogP contribution in [0.3, 0.4) is 0 Å². The fourth-order valence-corrected chi connectivity index (χ4v) is 5.97. The number of methoxy groups -OCH3 is 2. The van der Waals surface area contributed by atoms with E-state index in [-0.39, 0.29) is 17.7 Å². The van der Waals surface area contributed by atoms with Crippen molar-refractivity contribution < 1.29 is 27.4 Å². The fraction of sp³-hybridized carbons (Fsp3) is 0.458. The van der Waals surface area contributed by atoms with Crippen molar-refractivity contribution in [3.8, 4) is 11.5 Å². The lowest BCUT2D eigenvalue weighted by molar-refractivity contribution is 0.0162. The number of ether oxygens (including phenoxy) is 3. The van der Waals surface area contributed by atoms with E-state index >= 15 is 0 Å². The van der Waals surface area contributed by atoms with E-state index in [9.17, 15) is 13.2 Å². The van der Waals surface area contributed by atoms with Gasteiger partial charge in [-0.2, -0.15) is 0 Å². The maximum Gasteiger partial charge on any atom is 0.251 e. The Balaban J connectivity index is 1.48. The smallest absolute Gasteiger partial charge is 0.251 e. The molecule has 2 aliphatic rings. The molecule has 0 unspecified atom stereocenters. The van der Waals surface area contributed by atoms with Crippen molar-refractivity contribution in [2.75, 3.05) is 63.7 Å². The molecule has 9 nitrogen and oxygen atoms in total. The first-order valence-corrected chi connectivity index (χ1v) is 13.0. The Morgan fingerprint density at radius 1 is 1.03 bits per heavy atom. The summed E-state index contributed by atoms with van der Waals surface area (Å²) in [6.07, 6.45) is 0.615. The van der Waals surface area contributed by atoms with Gasteiger partial charge in [-0.1, -0.05) is 6.07 Å². The van der Waals surface area contributed by atoms with Gasteiger partial charge in [-0.25, -0.2) is 8.42 Å². The third kappa shape index (κ3) is 5.29. The number of carbonyl (C=O) groups excluding carboxylic acids is 1. The number of morpholine rings is 1. The molecule has 1 atom stereocenters. The number of amides is 1. The number of nitrogens with one attached hydrogen (secondary N) is 1. The Bertz CT molecular complexity index is 1100. The molecule has 0 bridgehead atoms. The summed E-state index contributed by atoms with van der Waals surface area (Å²) in [6, 6.07) is 12.4. The summed E-state index contributed by atoms with van der Waals surface area (Å²) in [5.74, 6) is 1.23. The number of sulfonamides is 1. The van der Waals surface area contributed by atoms with Crippen molar-refractivity contribution in [1.29, 1.82) is 0 Å². The molecule has 0 aliphatic carbocycles. The number of hydrogen-bond acceptors (Lipinski definition) is 7. The fourth-order valence-electron chi connectivity index (χ4n) is 4.41. The molecule has 34 heavy (non-hydrogen) atoms. The van der Waals surface area contributed by atoms with Gasteiger partial charge < -0.3 is 19.5 Å². The molecule has 2 aliphatic heterocycles. The van der Waals surface area contributed by atoms with Crippen LogP contribution in [0.1, 0.15) is 28.4 Å². The maximum atomic E-state index is 12.9. The number of hydrogen-bond donors (Lipinski definition) is 1. The lowest BCUT2D eigenvalue weighted by Crippen LogP contribution is -2.43. The molecule has 2 saturated heterocycles. The van der Waals surface area contributed by atoms with Gasteiger partial charge >= 0.3 is 0 Å². The Hall–Kier alpha value is -2.82. The molecule has 2 aromatic carbocycles. The van der Waals surface area contributed by atoms with Crippen molar-refractivity contribution in [2.45, 2.75) is 12.5 Å². The van der Waals surface area contributed by atoms with Crippen LogP contribution in [-0.2, 0) is 14.8 Å². The van der Waals surface area contributed by atoms with Gasteiger partial charge in [0.05, 0.1) is 44.9 Å². The predicted octanol–water partition coefficient (Wildman–Crippen LogP) is 2.05. The normalized spacial score (nSPS) is 18.9. The molecule has 4 rings (SSSR count). The van der Waals surface area contributed by atoms with Gasteiger partial charge in [0.25, 0.3) is 5.91 Å². The van der Waals surface area contributed by atoms with Gasteiger partial charge in [0.2, 0.25) is 10.0 Å². The summed E-state index contributed by atoms with van der Waals surface area (Å²) in [5.41, 5.74) is 2.08. The van der Waals surface area contributed by atoms with Crippen LogP contribution in [0.25, 0.3) is 0 Å². The topological polar surface area (TPSA) is 97.4 Å². The highest BCUT2D eigenvalue weighted by atomic mass is 32.2. The SMILES string of the molecule is COc1ccc([C@@H](CNC(=O)c2ccc(N3CCCS3(=O)=O)cc2)N2CCOCC2)cc1OC. The standard InChI is InChI=1S/C24H31N3O6S/c1-31-22-9-6-19(16-23(22)32-2)21(26-11-13-33-14-12-26)17-25-24(28)18-4-7-20(8-5-18)27-10-3-15-34(27,29)30/h4-9,16,21H,3,10-15,17H2,1-2H3,(H,25,28)/t21-/m1/s1. The van der Waals surface area contributed by atoms with Crippen LogP contribution >= 0.6 is 0 Å². The van der Waals surface area contributed by atoms with Crippen LogP contribution in [-0.4, -0.2) is 78.6 Å². The molecule has 0 radical (unpaired) electrons. The zero-order valence-corrected chi connectivity index (χ0v) is 20.3. The summed E-state index contributed by atoms with van der Waals surface area (Å²) in [6.45, 7) is 3.66. The highest BCUT2D eigenvalue weighted by Crippen LogP contribution is 2.32. The minimum Gasteiger partial charge on any atom is -0.493 e. The summed E-state index contributed by atoms with van der Waals surface area (Å²) in [7, 11) is -0.0506. The second-order valence-electron chi connectivity index (χ2n) is 8.28. The molecular formula is C24H31N3O6S. The number of carbonyl (C=O) groups is 1.